The van der Waals surface area contributed by atoms with E-state index in [2.05, 4.69) is 10.4 Å². The van der Waals surface area contributed by atoms with Crippen LogP contribution >= 0.6 is 11.6 Å². The Bertz CT molecular complexity index is 1200. The zero-order chi connectivity index (χ0) is 21.6. The minimum Gasteiger partial charge on any atom is -0.319 e. The second-order valence-electron chi connectivity index (χ2n) is 6.92. The van der Waals surface area contributed by atoms with Crippen LogP contribution < -0.4 is 5.32 Å². The number of anilines is 1. The van der Waals surface area contributed by atoms with Crippen molar-refractivity contribution in [2.75, 3.05) is 5.32 Å². The Morgan fingerprint density at radius 3 is 2.42 bits per heavy atom. The van der Waals surface area contributed by atoms with Gasteiger partial charge in [0.25, 0.3) is 5.91 Å². The van der Waals surface area contributed by atoms with Crippen molar-refractivity contribution in [1.82, 2.24) is 9.78 Å². The average Bonchev–Trinajstić information content (AvgIpc) is 3.23. The zero-order valence-electron chi connectivity index (χ0n) is 16.5. The Morgan fingerprint density at radius 2 is 1.71 bits per heavy atom. The fraction of sp³-hybridized carbons (Fsp3) is 0.0400. The van der Waals surface area contributed by atoms with E-state index in [0.29, 0.717) is 21.8 Å². The van der Waals surface area contributed by atoms with Crippen LogP contribution in [-0.4, -0.2) is 15.7 Å². The summed E-state index contributed by atoms with van der Waals surface area (Å²) in [5, 5.41) is 7.43. The maximum atomic E-state index is 14.1. The first-order chi connectivity index (χ1) is 15.1. The Balaban J connectivity index is 1.56. The molecule has 31 heavy (non-hydrogen) atoms. The Morgan fingerprint density at radius 1 is 1.00 bits per heavy atom. The quantitative estimate of drug-likeness (QED) is 0.305. The van der Waals surface area contributed by atoms with Crippen molar-refractivity contribution < 1.29 is 9.18 Å². The lowest BCUT2D eigenvalue weighted by Gasteiger charge is -2.09. The number of aromatic nitrogens is 2. The number of halogens is 2. The first kappa shape index (κ1) is 20.6. The van der Waals surface area contributed by atoms with Crippen LogP contribution in [0.1, 0.15) is 16.7 Å². The third kappa shape index (κ3) is 5.08. The van der Waals surface area contributed by atoms with Gasteiger partial charge in [-0.15, -0.1) is 0 Å². The summed E-state index contributed by atoms with van der Waals surface area (Å²) in [6.45, 7) is 0.159. The first-order valence-electron chi connectivity index (χ1n) is 9.69. The number of nitrogens with zero attached hydrogens (tertiary/aromatic N) is 2. The normalized spacial score (nSPS) is 11.4. The minimum absolute atomic E-state index is 0.159. The van der Waals surface area contributed by atoms with E-state index in [1.54, 1.807) is 18.3 Å². The average molecular weight is 432 g/mol. The van der Waals surface area contributed by atoms with E-state index in [0.717, 1.165) is 11.1 Å². The SMILES string of the molecule is O=C(Nc1cnn(Cc2c(F)cccc2Cl)c1)/C(=C\c1ccccc1)c1ccccc1. The standard InChI is InChI=1S/C25H19ClFN3O/c26-23-12-7-13-24(27)22(23)17-30-16-20(15-28-30)29-25(31)21(19-10-5-2-6-11-19)14-18-8-3-1-4-9-18/h1-16H,17H2,(H,29,31)/b21-14-. The molecule has 1 heterocycles. The van der Waals surface area contributed by atoms with Gasteiger partial charge >= 0.3 is 0 Å². The predicted molar refractivity (Wildman–Crippen MR) is 122 cm³/mol. The lowest BCUT2D eigenvalue weighted by molar-refractivity contribution is -0.111. The van der Waals surface area contributed by atoms with Gasteiger partial charge in [0, 0.05) is 22.4 Å². The van der Waals surface area contributed by atoms with E-state index in [1.165, 1.54) is 16.9 Å². The number of hydrogen-bond donors (Lipinski definition) is 1. The van der Waals surface area contributed by atoms with E-state index >= 15 is 0 Å². The van der Waals surface area contributed by atoms with Crippen molar-refractivity contribution in [1.29, 1.82) is 0 Å². The number of nitrogens with one attached hydrogen (secondary N) is 1. The molecule has 0 aliphatic heterocycles. The van der Waals surface area contributed by atoms with Crippen LogP contribution in [0.4, 0.5) is 10.1 Å². The first-order valence-corrected chi connectivity index (χ1v) is 10.1. The molecule has 154 valence electrons. The second kappa shape index (κ2) is 9.41. The molecule has 4 aromatic rings. The van der Waals surface area contributed by atoms with Crippen LogP contribution in [0, 0.1) is 5.82 Å². The van der Waals surface area contributed by atoms with Crippen molar-refractivity contribution in [3.05, 3.63) is 119 Å². The molecule has 1 amide bonds. The van der Waals surface area contributed by atoms with Gasteiger partial charge in [-0.2, -0.15) is 5.10 Å². The molecule has 4 nitrogen and oxygen atoms in total. The van der Waals surface area contributed by atoms with Crippen LogP contribution in [0.25, 0.3) is 11.6 Å². The molecule has 4 rings (SSSR count). The summed E-state index contributed by atoms with van der Waals surface area (Å²) >= 11 is 6.10. The van der Waals surface area contributed by atoms with Gasteiger partial charge in [-0.05, 0) is 29.3 Å². The monoisotopic (exact) mass is 431 g/mol. The fourth-order valence-corrected chi connectivity index (χ4v) is 3.39. The molecular formula is C25H19ClFN3O. The summed E-state index contributed by atoms with van der Waals surface area (Å²) in [5.41, 5.74) is 3.10. The van der Waals surface area contributed by atoms with Crippen molar-refractivity contribution >= 4 is 34.8 Å². The molecule has 0 saturated carbocycles. The van der Waals surface area contributed by atoms with E-state index in [-0.39, 0.29) is 12.5 Å². The second-order valence-corrected chi connectivity index (χ2v) is 7.32. The van der Waals surface area contributed by atoms with Crippen molar-refractivity contribution in [3.63, 3.8) is 0 Å². The lowest BCUT2D eigenvalue weighted by atomic mass is 10.0. The molecule has 0 spiro atoms. The molecule has 6 heteroatoms. The number of carbonyl (C=O) groups excluding carboxylic acids is 1. The van der Waals surface area contributed by atoms with Gasteiger partial charge < -0.3 is 5.32 Å². The minimum atomic E-state index is -0.397. The molecule has 0 unspecified atom stereocenters. The topological polar surface area (TPSA) is 46.9 Å². The highest BCUT2D eigenvalue weighted by molar-refractivity contribution is 6.31. The lowest BCUT2D eigenvalue weighted by Crippen LogP contribution is -2.13. The zero-order valence-corrected chi connectivity index (χ0v) is 17.3. The van der Waals surface area contributed by atoms with Crippen molar-refractivity contribution in [3.8, 4) is 0 Å². The Hall–Kier alpha value is -3.70. The van der Waals surface area contributed by atoms with Crippen LogP contribution in [0.2, 0.25) is 5.02 Å². The number of benzene rings is 3. The molecule has 0 aliphatic carbocycles. The molecule has 1 aromatic heterocycles. The number of carbonyl (C=O) groups is 1. The predicted octanol–water partition coefficient (Wildman–Crippen LogP) is 5.90. The Kier molecular flexibility index (Phi) is 6.24. The molecular weight excluding hydrogens is 413 g/mol. The summed E-state index contributed by atoms with van der Waals surface area (Å²) in [4.78, 5) is 13.1. The maximum Gasteiger partial charge on any atom is 0.256 e. The summed E-state index contributed by atoms with van der Waals surface area (Å²) in [6, 6.07) is 23.6. The summed E-state index contributed by atoms with van der Waals surface area (Å²) in [6.07, 6.45) is 5.01. The van der Waals surface area contributed by atoms with Gasteiger partial charge in [0.05, 0.1) is 18.4 Å². The number of hydrogen-bond acceptors (Lipinski definition) is 2. The number of rotatable bonds is 6. The van der Waals surface area contributed by atoms with E-state index in [1.807, 2.05) is 66.7 Å². The summed E-state index contributed by atoms with van der Waals surface area (Å²) in [7, 11) is 0. The van der Waals surface area contributed by atoms with Crippen LogP contribution in [-0.2, 0) is 11.3 Å². The van der Waals surface area contributed by atoms with Gasteiger partial charge in [-0.25, -0.2) is 4.39 Å². The maximum absolute atomic E-state index is 14.1. The van der Waals surface area contributed by atoms with Crippen molar-refractivity contribution in [2.24, 2.45) is 0 Å². The van der Waals surface area contributed by atoms with Gasteiger partial charge in [0.1, 0.15) is 5.82 Å². The molecule has 0 saturated heterocycles. The van der Waals surface area contributed by atoms with Gasteiger partial charge in [-0.3, -0.25) is 9.48 Å². The molecule has 3 aromatic carbocycles. The highest BCUT2D eigenvalue weighted by atomic mass is 35.5. The van der Waals surface area contributed by atoms with Gasteiger partial charge in [0.2, 0.25) is 0 Å². The molecule has 0 aliphatic rings. The highest BCUT2D eigenvalue weighted by Crippen LogP contribution is 2.22. The Labute approximate surface area is 184 Å². The van der Waals surface area contributed by atoms with Crippen molar-refractivity contribution in [2.45, 2.75) is 6.54 Å². The van der Waals surface area contributed by atoms with E-state index in [9.17, 15) is 9.18 Å². The highest BCUT2D eigenvalue weighted by Gasteiger charge is 2.14. The van der Waals surface area contributed by atoms with Gasteiger partial charge in [0.15, 0.2) is 0 Å². The fourth-order valence-electron chi connectivity index (χ4n) is 3.17. The molecule has 0 bridgehead atoms. The van der Waals surface area contributed by atoms with Gasteiger partial charge in [-0.1, -0.05) is 78.3 Å². The largest absolute Gasteiger partial charge is 0.319 e. The van der Waals surface area contributed by atoms with E-state index in [4.69, 9.17) is 11.6 Å². The van der Waals surface area contributed by atoms with Crippen LogP contribution in [0.15, 0.2) is 91.3 Å². The van der Waals surface area contributed by atoms with E-state index < -0.39 is 5.82 Å². The third-order valence-electron chi connectivity index (χ3n) is 4.71. The van der Waals surface area contributed by atoms with Crippen LogP contribution in [0.3, 0.4) is 0 Å². The molecule has 0 radical (unpaired) electrons. The number of amides is 1. The molecule has 1 N–H and O–H groups in total. The summed E-state index contributed by atoms with van der Waals surface area (Å²) < 4.78 is 15.6. The van der Waals surface area contributed by atoms with Crippen LogP contribution in [0.5, 0.6) is 0 Å². The third-order valence-corrected chi connectivity index (χ3v) is 5.07. The smallest absolute Gasteiger partial charge is 0.256 e. The molecule has 0 atom stereocenters. The molecule has 0 fully saturated rings. The summed E-state index contributed by atoms with van der Waals surface area (Å²) in [5.74, 6) is -0.663.